The van der Waals surface area contributed by atoms with Crippen molar-refractivity contribution in [1.82, 2.24) is 10.3 Å². The number of hydrogen-bond acceptors (Lipinski definition) is 4. The van der Waals surface area contributed by atoms with Crippen LogP contribution in [0.1, 0.15) is 23.4 Å². The molecule has 0 saturated carbocycles. The number of thiazole rings is 1. The minimum absolute atomic E-state index is 0.149. The molecule has 0 unspecified atom stereocenters. The van der Waals surface area contributed by atoms with E-state index in [0.717, 1.165) is 30.8 Å². The molecular formula is C17H21N3OS. The van der Waals surface area contributed by atoms with Gasteiger partial charge in [-0.25, -0.2) is 4.98 Å². The number of rotatable bonds is 5. The Morgan fingerprint density at radius 2 is 2.27 bits per heavy atom. The molecule has 5 heteroatoms. The quantitative estimate of drug-likeness (QED) is 0.891. The van der Waals surface area contributed by atoms with Crippen molar-refractivity contribution in [3.05, 3.63) is 41.0 Å². The van der Waals surface area contributed by atoms with Gasteiger partial charge < -0.3 is 11.1 Å². The number of carbonyl (C=O) groups is 1. The van der Waals surface area contributed by atoms with Gasteiger partial charge in [-0.2, -0.15) is 0 Å². The van der Waals surface area contributed by atoms with E-state index in [2.05, 4.69) is 34.6 Å². The lowest BCUT2D eigenvalue weighted by atomic mass is 9.94. The summed E-state index contributed by atoms with van der Waals surface area (Å²) in [5.41, 5.74) is 8.00. The van der Waals surface area contributed by atoms with E-state index in [1.54, 1.807) is 11.3 Å². The van der Waals surface area contributed by atoms with E-state index in [1.807, 2.05) is 13.1 Å². The van der Waals surface area contributed by atoms with Crippen LogP contribution in [-0.2, 0) is 11.2 Å². The summed E-state index contributed by atoms with van der Waals surface area (Å²) in [6, 6.07) is 8.38. The highest BCUT2D eigenvalue weighted by Gasteiger charge is 2.27. The zero-order chi connectivity index (χ0) is 15.5. The largest absolute Gasteiger partial charge is 0.368 e. The van der Waals surface area contributed by atoms with Crippen LogP contribution < -0.4 is 11.1 Å². The van der Waals surface area contributed by atoms with Crippen molar-refractivity contribution >= 4 is 17.2 Å². The summed E-state index contributed by atoms with van der Waals surface area (Å²) in [7, 11) is 0. The van der Waals surface area contributed by atoms with Gasteiger partial charge in [0.05, 0.1) is 15.9 Å². The van der Waals surface area contributed by atoms with E-state index in [1.165, 1.54) is 16.0 Å². The lowest BCUT2D eigenvalue weighted by Crippen LogP contribution is -2.36. The number of primary amides is 1. The van der Waals surface area contributed by atoms with Gasteiger partial charge >= 0.3 is 0 Å². The van der Waals surface area contributed by atoms with Gasteiger partial charge in [-0.05, 0) is 49.8 Å². The molecular weight excluding hydrogens is 294 g/mol. The molecule has 116 valence electrons. The number of benzene rings is 1. The second-order valence-electron chi connectivity index (χ2n) is 5.90. The Kier molecular flexibility index (Phi) is 4.55. The summed E-state index contributed by atoms with van der Waals surface area (Å²) in [6.45, 7) is 2.92. The average Bonchev–Trinajstić information content (AvgIpc) is 3.14. The molecule has 0 bridgehead atoms. The van der Waals surface area contributed by atoms with Crippen molar-refractivity contribution < 1.29 is 4.79 Å². The highest BCUT2D eigenvalue weighted by molar-refractivity contribution is 7.15. The van der Waals surface area contributed by atoms with E-state index in [4.69, 9.17) is 5.73 Å². The maximum absolute atomic E-state index is 11.2. The fourth-order valence-corrected chi connectivity index (χ4v) is 3.91. The average molecular weight is 315 g/mol. The van der Waals surface area contributed by atoms with Crippen LogP contribution in [0.4, 0.5) is 0 Å². The Morgan fingerprint density at radius 3 is 2.95 bits per heavy atom. The molecule has 1 aromatic carbocycles. The Hall–Kier alpha value is -1.72. The zero-order valence-electron chi connectivity index (χ0n) is 12.7. The Balaban J connectivity index is 1.67. The standard InChI is InChI=1S/C17H21N3OS/c1-11-19-10-16(22-11)14-5-3-2-4-13(14)7-6-12-8-15(17(18)21)20-9-12/h2-5,10,12,15,20H,6-9H2,1H3,(H2,18,21)/t12-,15+/m1/s1. The number of aromatic nitrogens is 1. The molecule has 1 aliphatic rings. The topological polar surface area (TPSA) is 68.0 Å². The van der Waals surface area contributed by atoms with Crippen LogP contribution in [0.3, 0.4) is 0 Å². The first kappa shape index (κ1) is 15.2. The molecule has 1 saturated heterocycles. The van der Waals surface area contributed by atoms with Gasteiger partial charge in [0, 0.05) is 6.20 Å². The first-order chi connectivity index (χ1) is 10.6. The lowest BCUT2D eigenvalue weighted by molar-refractivity contribution is -0.119. The summed E-state index contributed by atoms with van der Waals surface area (Å²) >= 11 is 1.73. The summed E-state index contributed by atoms with van der Waals surface area (Å²) in [4.78, 5) is 16.8. The maximum atomic E-state index is 11.2. The molecule has 1 aromatic heterocycles. The van der Waals surface area contributed by atoms with Crippen LogP contribution in [0, 0.1) is 12.8 Å². The van der Waals surface area contributed by atoms with Crippen molar-refractivity contribution in [1.29, 1.82) is 0 Å². The Labute approximate surface area is 134 Å². The molecule has 2 heterocycles. The number of aryl methyl sites for hydroxylation is 2. The van der Waals surface area contributed by atoms with E-state index in [-0.39, 0.29) is 11.9 Å². The maximum Gasteiger partial charge on any atom is 0.234 e. The van der Waals surface area contributed by atoms with Gasteiger partial charge in [0.25, 0.3) is 0 Å². The van der Waals surface area contributed by atoms with E-state index < -0.39 is 0 Å². The molecule has 4 nitrogen and oxygen atoms in total. The molecule has 2 aromatic rings. The zero-order valence-corrected chi connectivity index (χ0v) is 13.5. The molecule has 2 atom stereocenters. The molecule has 22 heavy (non-hydrogen) atoms. The molecule has 1 aliphatic heterocycles. The molecule has 3 rings (SSSR count). The third kappa shape index (κ3) is 3.36. The van der Waals surface area contributed by atoms with E-state index in [0.29, 0.717) is 5.92 Å². The second-order valence-corrected chi connectivity index (χ2v) is 7.14. The van der Waals surface area contributed by atoms with Crippen LogP contribution in [-0.4, -0.2) is 23.5 Å². The number of hydrogen-bond donors (Lipinski definition) is 2. The van der Waals surface area contributed by atoms with Crippen LogP contribution >= 0.6 is 11.3 Å². The first-order valence-electron chi connectivity index (χ1n) is 7.67. The molecule has 1 fully saturated rings. The van der Waals surface area contributed by atoms with Gasteiger partial charge in [0.2, 0.25) is 5.91 Å². The van der Waals surface area contributed by atoms with Crippen molar-refractivity contribution in [3.8, 4) is 10.4 Å². The predicted molar refractivity (Wildman–Crippen MR) is 89.7 cm³/mol. The smallest absolute Gasteiger partial charge is 0.234 e. The molecule has 0 spiro atoms. The van der Waals surface area contributed by atoms with Crippen molar-refractivity contribution in [2.75, 3.05) is 6.54 Å². The third-order valence-corrected chi connectivity index (χ3v) is 5.24. The van der Waals surface area contributed by atoms with Crippen molar-refractivity contribution in [2.45, 2.75) is 32.2 Å². The van der Waals surface area contributed by atoms with Gasteiger partial charge in [-0.1, -0.05) is 24.3 Å². The normalized spacial score (nSPS) is 21.1. The van der Waals surface area contributed by atoms with Crippen LogP contribution in [0.15, 0.2) is 30.5 Å². The first-order valence-corrected chi connectivity index (χ1v) is 8.48. The summed E-state index contributed by atoms with van der Waals surface area (Å²) in [5, 5.41) is 4.30. The highest BCUT2D eigenvalue weighted by atomic mass is 32.1. The van der Waals surface area contributed by atoms with Crippen molar-refractivity contribution in [3.63, 3.8) is 0 Å². The number of nitrogens with two attached hydrogens (primary N) is 1. The SMILES string of the molecule is Cc1ncc(-c2ccccc2CC[C@H]2CN[C@H](C(N)=O)C2)s1. The van der Waals surface area contributed by atoms with Gasteiger partial charge in [0.15, 0.2) is 0 Å². The molecule has 0 radical (unpaired) electrons. The third-order valence-electron chi connectivity index (χ3n) is 4.29. The van der Waals surface area contributed by atoms with Crippen LogP contribution in [0.25, 0.3) is 10.4 Å². The minimum atomic E-state index is -0.233. The van der Waals surface area contributed by atoms with Crippen LogP contribution in [0.2, 0.25) is 0 Å². The van der Waals surface area contributed by atoms with Gasteiger partial charge in [0.1, 0.15) is 0 Å². The minimum Gasteiger partial charge on any atom is -0.368 e. The summed E-state index contributed by atoms with van der Waals surface area (Å²) in [5.74, 6) is 0.289. The second kappa shape index (κ2) is 6.58. The highest BCUT2D eigenvalue weighted by Crippen LogP contribution is 2.30. The molecule has 0 aliphatic carbocycles. The number of nitrogens with zero attached hydrogens (tertiary/aromatic N) is 1. The number of carbonyl (C=O) groups excluding carboxylic acids is 1. The van der Waals surface area contributed by atoms with Crippen molar-refractivity contribution in [2.24, 2.45) is 11.7 Å². The van der Waals surface area contributed by atoms with E-state index >= 15 is 0 Å². The Morgan fingerprint density at radius 1 is 1.45 bits per heavy atom. The molecule has 3 N–H and O–H groups in total. The number of amides is 1. The Bertz CT molecular complexity index is 667. The predicted octanol–water partition coefficient (Wildman–Crippen LogP) is 2.51. The monoisotopic (exact) mass is 315 g/mol. The lowest BCUT2D eigenvalue weighted by Gasteiger charge is -2.11. The molecule has 1 amide bonds. The summed E-state index contributed by atoms with van der Waals surface area (Å²) in [6.07, 6.45) is 4.91. The van der Waals surface area contributed by atoms with E-state index in [9.17, 15) is 4.79 Å². The van der Waals surface area contributed by atoms with Crippen LogP contribution in [0.5, 0.6) is 0 Å². The van der Waals surface area contributed by atoms with Gasteiger partial charge in [-0.3, -0.25) is 4.79 Å². The van der Waals surface area contributed by atoms with Gasteiger partial charge in [-0.15, -0.1) is 11.3 Å². The summed E-state index contributed by atoms with van der Waals surface area (Å²) < 4.78 is 0. The fraction of sp³-hybridized carbons (Fsp3) is 0.412. The number of nitrogens with one attached hydrogen (secondary N) is 1. The fourth-order valence-electron chi connectivity index (χ4n) is 3.07.